The summed E-state index contributed by atoms with van der Waals surface area (Å²) in [5.41, 5.74) is -2.51. The molecule has 6 heteroatoms. The van der Waals surface area contributed by atoms with Gasteiger partial charge in [-0.1, -0.05) is 35.9 Å². The number of aliphatic hydroxyl groups is 2. The highest BCUT2D eigenvalue weighted by Crippen LogP contribution is 2.42. The molecule has 0 saturated carbocycles. The summed E-state index contributed by atoms with van der Waals surface area (Å²) in [6, 6.07) is 12.1. The van der Waals surface area contributed by atoms with E-state index < -0.39 is 17.0 Å². The molecule has 0 unspecified atom stereocenters. The van der Waals surface area contributed by atoms with Crippen molar-refractivity contribution in [3.8, 4) is 0 Å². The highest BCUT2D eigenvalue weighted by molar-refractivity contribution is 6.30. The predicted molar refractivity (Wildman–Crippen MR) is 93.5 cm³/mol. The van der Waals surface area contributed by atoms with Gasteiger partial charge in [-0.2, -0.15) is 0 Å². The number of aromatic nitrogens is 2. The molecule has 0 aliphatic heterocycles. The minimum Gasteiger partial charge on any atom is -0.382 e. The molecule has 2 N–H and O–H groups in total. The van der Waals surface area contributed by atoms with Gasteiger partial charge in [0.05, 0.1) is 12.9 Å². The van der Waals surface area contributed by atoms with Crippen molar-refractivity contribution < 1.29 is 14.6 Å². The lowest BCUT2D eigenvalue weighted by Crippen LogP contribution is -2.50. The second-order valence-electron chi connectivity index (χ2n) is 6.18. The van der Waals surface area contributed by atoms with Gasteiger partial charge in [-0.25, -0.2) is 9.37 Å². The Balaban J connectivity index is 2.12. The van der Waals surface area contributed by atoms with Gasteiger partial charge in [0.2, 0.25) is 0 Å². The van der Waals surface area contributed by atoms with Crippen LogP contribution >= 0.6 is 11.6 Å². The Hall–Kier alpha value is -2.21. The Kier molecular flexibility index (Phi) is 4.64. The van der Waals surface area contributed by atoms with Gasteiger partial charge in [0.25, 0.3) is 0 Å². The molecule has 4 nitrogen and oxygen atoms in total. The molecule has 3 rings (SSSR count). The second-order valence-corrected chi connectivity index (χ2v) is 6.62. The van der Waals surface area contributed by atoms with Crippen molar-refractivity contribution in [2.24, 2.45) is 0 Å². The lowest BCUT2D eigenvalue weighted by Gasteiger charge is -2.42. The van der Waals surface area contributed by atoms with E-state index in [-0.39, 0.29) is 6.54 Å². The molecule has 2 aromatic carbocycles. The topological polar surface area (TPSA) is 58.3 Å². The minimum atomic E-state index is -1.70. The van der Waals surface area contributed by atoms with Crippen LogP contribution in [0.25, 0.3) is 0 Å². The quantitative estimate of drug-likeness (QED) is 0.732. The van der Waals surface area contributed by atoms with Crippen LogP contribution in [0.15, 0.2) is 67.3 Å². The van der Waals surface area contributed by atoms with E-state index in [4.69, 9.17) is 11.6 Å². The lowest BCUT2D eigenvalue weighted by atomic mass is 9.74. The smallest absolute Gasteiger partial charge is 0.140 e. The SMILES string of the molecule is C[C@](O)(c1ccc(F)cc1)[C@](O)(Cn1ccnc1)c1ccc(Cl)cc1. The Morgan fingerprint density at radius 1 is 1.04 bits per heavy atom. The number of halogens is 2. The van der Waals surface area contributed by atoms with Gasteiger partial charge < -0.3 is 14.8 Å². The molecule has 25 heavy (non-hydrogen) atoms. The van der Waals surface area contributed by atoms with Crippen LogP contribution in [0.1, 0.15) is 18.1 Å². The Labute approximate surface area is 150 Å². The van der Waals surface area contributed by atoms with E-state index in [0.717, 1.165) is 0 Å². The van der Waals surface area contributed by atoms with Crippen molar-refractivity contribution in [3.63, 3.8) is 0 Å². The number of rotatable bonds is 5. The molecule has 130 valence electrons. The second kappa shape index (κ2) is 6.59. The van der Waals surface area contributed by atoms with Gasteiger partial charge >= 0.3 is 0 Å². The molecule has 0 aliphatic rings. The zero-order chi connectivity index (χ0) is 18.1. The predicted octanol–water partition coefficient (Wildman–Crippen LogP) is 3.47. The fraction of sp³-hybridized carbons (Fsp3) is 0.211. The normalized spacial score (nSPS) is 16.2. The summed E-state index contributed by atoms with van der Waals surface area (Å²) in [5, 5.41) is 23.4. The highest BCUT2D eigenvalue weighted by atomic mass is 35.5. The molecular formula is C19H18ClFN2O2. The van der Waals surface area contributed by atoms with E-state index >= 15 is 0 Å². The third-order valence-electron chi connectivity index (χ3n) is 4.50. The van der Waals surface area contributed by atoms with Crippen molar-refractivity contribution in [1.29, 1.82) is 0 Å². The summed E-state index contributed by atoms with van der Waals surface area (Å²) < 4.78 is 14.9. The van der Waals surface area contributed by atoms with E-state index in [2.05, 4.69) is 4.98 Å². The zero-order valence-corrected chi connectivity index (χ0v) is 14.4. The average Bonchev–Trinajstić information content (AvgIpc) is 3.08. The molecule has 0 radical (unpaired) electrons. The van der Waals surface area contributed by atoms with Gasteiger partial charge in [-0.05, 0) is 42.3 Å². The van der Waals surface area contributed by atoms with E-state index in [0.29, 0.717) is 16.1 Å². The first-order valence-corrected chi connectivity index (χ1v) is 8.13. The van der Waals surface area contributed by atoms with Crippen LogP contribution in [0.2, 0.25) is 5.02 Å². The number of hydrogen-bond donors (Lipinski definition) is 2. The van der Waals surface area contributed by atoms with Crippen LogP contribution in [0.4, 0.5) is 4.39 Å². The molecule has 3 aromatic rings. The maximum atomic E-state index is 13.3. The Morgan fingerprint density at radius 3 is 2.20 bits per heavy atom. The van der Waals surface area contributed by atoms with Gasteiger partial charge in [-0.3, -0.25) is 0 Å². The third kappa shape index (κ3) is 3.31. The van der Waals surface area contributed by atoms with Gasteiger partial charge in [-0.15, -0.1) is 0 Å². The van der Waals surface area contributed by atoms with Gasteiger partial charge in [0.1, 0.15) is 17.0 Å². The third-order valence-corrected chi connectivity index (χ3v) is 4.76. The fourth-order valence-corrected chi connectivity index (χ4v) is 3.04. The van der Waals surface area contributed by atoms with Crippen LogP contribution in [-0.4, -0.2) is 19.8 Å². The van der Waals surface area contributed by atoms with Crippen molar-refractivity contribution in [1.82, 2.24) is 9.55 Å². The Morgan fingerprint density at radius 2 is 1.64 bits per heavy atom. The van der Waals surface area contributed by atoms with Gasteiger partial charge in [0.15, 0.2) is 0 Å². The number of imidazole rings is 1. The average molecular weight is 361 g/mol. The van der Waals surface area contributed by atoms with E-state index in [1.807, 2.05) is 0 Å². The van der Waals surface area contributed by atoms with Crippen LogP contribution in [0.3, 0.4) is 0 Å². The first kappa shape index (κ1) is 17.6. The van der Waals surface area contributed by atoms with Crippen molar-refractivity contribution in [3.05, 3.63) is 89.2 Å². The molecule has 0 amide bonds. The van der Waals surface area contributed by atoms with Crippen molar-refractivity contribution >= 4 is 11.6 Å². The zero-order valence-electron chi connectivity index (χ0n) is 13.6. The van der Waals surface area contributed by atoms with E-state index in [1.165, 1.54) is 31.2 Å². The van der Waals surface area contributed by atoms with Crippen LogP contribution < -0.4 is 0 Å². The minimum absolute atomic E-state index is 0.0546. The van der Waals surface area contributed by atoms with Crippen LogP contribution in [-0.2, 0) is 17.7 Å². The monoisotopic (exact) mass is 360 g/mol. The molecule has 0 fully saturated rings. The summed E-state index contributed by atoms with van der Waals surface area (Å²) in [4.78, 5) is 3.98. The summed E-state index contributed by atoms with van der Waals surface area (Å²) in [6.45, 7) is 1.56. The molecule has 1 aromatic heterocycles. The molecule has 0 aliphatic carbocycles. The Bertz CT molecular complexity index is 833. The summed E-state index contributed by atoms with van der Waals surface area (Å²) in [5.74, 6) is -0.413. The summed E-state index contributed by atoms with van der Waals surface area (Å²) in [7, 11) is 0. The lowest BCUT2D eigenvalue weighted by molar-refractivity contribution is -0.163. The number of benzene rings is 2. The molecule has 1 heterocycles. The van der Waals surface area contributed by atoms with Crippen LogP contribution in [0, 0.1) is 5.82 Å². The maximum absolute atomic E-state index is 13.3. The van der Waals surface area contributed by atoms with Crippen molar-refractivity contribution in [2.45, 2.75) is 24.7 Å². The van der Waals surface area contributed by atoms with E-state index in [1.54, 1.807) is 47.6 Å². The van der Waals surface area contributed by atoms with E-state index in [9.17, 15) is 14.6 Å². The standard InChI is InChI=1S/C19H18ClFN2O2/c1-18(24,14-4-8-17(21)9-5-14)19(25,12-23-11-10-22-13-23)15-2-6-16(20)7-3-15/h2-11,13,24-25H,12H2,1H3/t18-,19-/m0/s1. The maximum Gasteiger partial charge on any atom is 0.140 e. The van der Waals surface area contributed by atoms with Crippen LogP contribution in [0.5, 0.6) is 0 Å². The number of hydrogen-bond acceptors (Lipinski definition) is 3. The molecular weight excluding hydrogens is 343 g/mol. The molecule has 0 bridgehead atoms. The van der Waals surface area contributed by atoms with Gasteiger partial charge in [0, 0.05) is 17.4 Å². The summed E-state index contributed by atoms with van der Waals surface area (Å²) >= 11 is 5.95. The van der Waals surface area contributed by atoms with Crippen molar-refractivity contribution in [2.75, 3.05) is 0 Å². The highest BCUT2D eigenvalue weighted by Gasteiger charge is 2.48. The fourth-order valence-electron chi connectivity index (χ4n) is 2.91. The first-order chi connectivity index (χ1) is 11.8. The number of nitrogens with zero attached hydrogens (tertiary/aromatic N) is 2. The summed E-state index contributed by atoms with van der Waals surface area (Å²) in [6.07, 6.45) is 4.85. The molecule has 0 spiro atoms. The first-order valence-electron chi connectivity index (χ1n) is 7.75. The molecule has 2 atom stereocenters. The largest absolute Gasteiger partial charge is 0.382 e. The molecule has 0 saturated heterocycles.